The van der Waals surface area contributed by atoms with Gasteiger partial charge in [0.05, 0.1) is 5.52 Å². The highest BCUT2D eigenvalue weighted by Crippen LogP contribution is 2.36. The lowest BCUT2D eigenvalue weighted by atomic mass is 9.80. The first-order chi connectivity index (χ1) is 21.4. The molecule has 7 rings (SSSR count). The Morgan fingerprint density at radius 3 is 2.64 bits per heavy atom. The number of imide groups is 1. The van der Waals surface area contributed by atoms with Crippen LogP contribution in [0.1, 0.15) is 78.0 Å². The number of amides is 3. The number of hydrogen-bond acceptors (Lipinski definition) is 7. The first-order valence-corrected chi connectivity index (χ1v) is 16.0. The Bertz CT molecular complexity index is 1580. The lowest BCUT2D eigenvalue weighted by molar-refractivity contribution is -0.136. The van der Waals surface area contributed by atoms with Gasteiger partial charge in [0.25, 0.3) is 5.91 Å². The topological polar surface area (TPSA) is 101 Å². The van der Waals surface area contributed by atoms with E-state index in [-0.39, 0.29) is 24.3 Å². The van der Waals surface area contributed by atoms with Crippen molar-refractivity contribution in [3.63, 3.8) is 0 Å². The van der Waals surface area contributed by atoms with E-state index in [1.165, 1.54) is 42.3 Å². The van der Waals surface area contributed by atoms with Gasteiger partial charge in [0.1, 0.15) is 17.9 Å². The molecule has 4 heterocycles. The number of nitrogens with zero attached hydrogens (tertiary/aromatic N) is 3. The Hall–Kier alpha value is -3.82. The second-order valence-electron chi connectivity index (χ2n) is 12.9. The van der Waals surface area contributed by atoms with Crippen LogP contribution in [0.2, 0.25) is 0 Å². The summed E-state index contributed by atoms with van der Waals surface area (Å²) in [4.78, 5) is 45.9. The van der Waals surface area contributed by atoms with Gasteiger partial charge in [0, 0.05) is 68.9 Å². The number of carbonyl (C=O) groups excluding carboxylic acids is 3. The van der Waals surface area contributed by atoms with E-state index in [9.17, 15) is 14.4 Å². The number of hydrogen-bond donors (Lipinski definition) is 1. The third-order valence-corrected chi connectivity index (χ3v) is 9.88. The first-order valence-electron chi connectivity index (χ1n) is 16.0. The molecule has 2 atom stereocenters. The molecule has 230 valence electrons. The van der Waals surface area contributed by atoms with E-state index in [0.717, 1.165) is 49.5 Å². The molecule has 4 aliphatic rings. The number of fused-ring (bicyclic) bond motifs is 2. The van der Waals surface area contributed by atoms with E-state index in [4.69, 9.17) is 14.5 Å². The van der Waals surface area contributed by atoms with Crippen LogP contribution in [0, 0.1) is 5.92 Å². The molecule has 2 saturated heterocycles. The molecule has 1 N–H and O–H groups in total. The third kappa shape index (κ3) is 5.95. The van der Waals surface area contributed by atoms with E-state index < -0.39 is 11.9 Å². The number of methoxy groups -OCH3 is 1. The highest BCUT2D eigenvalue weighted by atomic mass is 16.5. The SMILES string of the molecule is COC[C@H]1CC[C@H](c2ccc3cc(CN4CC[C@H](Oc5ccc6c(c5)CN(C5CCC(=O)NC5=O)C6=O)C4)ccc3n2)CC1. The van der Waals surface area contributed by atoms with E-state index in [1.54, 1.807) is 18.1 Å². The number of rotatable bonds is 8. The third-order valence-electron chi connectivity index (χ3n) is 9.88. The molecule has 9 heteroatoms. The molecule has 44 heavy (non-hydrogen) atoms. The molecule has 0 radical (unpaired) electrons. The van der Waals surface area contributed by atoms with Gasteiger partial charge in [0.2, 0.25) is 11.8 Å². The zero-order valence-corrected chi connectivity index (χ0v) is 25.3. The lowest BCUT2D eigenvalue weighted by Crippen LogP contribution is -2.52. The van der Waals surface area contributed by atoms with Crippen molar-refractivity contribution in [3.05, 3.63) is 70.9 Å². The van der Waals surface area contributed by atoms with Crippen molar-refractivity contribution >= 4 is 28.6 Å². The van der Waals surface area contributed by atoms with Crippen LogP contribution in [0.15, 0.2) is 48.5 Å². The van der Waals surface area contributed by atoms with Crippen molar-refractivity contribution in [1.82, 2.24) is 20.1 Å². The Morgan fingerprint density at radius 1 is 0.955 bits per heavy atom. The fraction of sp³-hybridized carbons (Fsp3) is 0.486. The normalized spacial score (nSPS) is 25.8. The fourth-order valence-electron chi connectivity index (χ4n) is 7.49. The van der Waals surface area contributed by atoms with Crippen molar-refractivity contribution in [2.75, 3.05) is 26.8 Å². The first kappa shape index (κ1) is 28.9. The molecule has 2 aromatic carbocycles. The van der Waals surface area contributed by atoms with Crippen molar-refractivity contribution in [2.45, 2.75) is 76.1 Å². The summed E-state index contributed by atoms with van der Waals surface area (Å²) in [7, 11) is 1.79. The molecular formula is C35H40N4O5. The maximum atomic E-state index is 13.0. The molecule has 0 spiro atoms. The minimum Gasteiger partial charge on any atom is -0.489 e. The van der Waals surface area contributed by atoms with E-state index in [1.807, 2.05) is 12.1 Å². The number of carbonyl (C=O) groups is 3. The summed E-state index contributed by atoms with van der Waals surface area (Å²) in [6.07, 6.45) is 6.41. The van der Waals surface area contributed by atoms with E-state index >= 15 is 0 Å². The van der Waals surface area contributed by atoms with Crippen molar-refractivity contribution < 1.29 is 23.9 Å². The average Bonchev–Trinajstić information content (AvgIpc) is 3.60. The number of pyridine rings is 1. The van der Waals surface area contributed by atoms with Gasteiger partial charge in [-0.05, 0) is 92.0 Å². The predicted molar refractivity (Wildman–Crippen MR) is 165 cm³/mol. The van der Waals surface area contributed by atoms with Crippen LogP contribution in [0.25, 0.3) is 10.9 Å². The largest absolute Gasteiger partial charge is 0.489 e. The number of nitrogens with one attached hydrogen (secondary N) is 1. The molecule has 1 aliphatic carbocycles. The van der Waals surface area contributed by atoms with Crippen molar-refractivity contribution in [1.29, 1.82) is 0 Å². The molecule has 3 aliphatic heterocycles. The van der Waals surface area contributed by atoms with Crippen molar-refractivity contribution in [2.24, 2.45) is 5.92 Å². The van der Waals surface area contributed by atoms with Crippen LogP contribution in [0.3, 0.4) is 0 Å². The average molecular weight is 597 g/mol. The summed E-state index contributed by atoms with van der Waals surface area (Å²) in [6.45, 7) is 3.87. The van der Waals surface area contributed by atoms with Crippen LogP contribution in [-0.2, 0) is 27.4 Å². The van der Waals surface area contributed by atoms with Gasteiger partial charge >= 0.3 is 0 Å². The van der Waals surface area contributed by atoms with Gasteiger partial charge in [-0.1, -0.05) is 12.1 Å². The highest BCUT2D eigenvalue weighted by Gasteiger charge is 2.39. The molecular weight excluding hydrogens is 556 g/mol. The van der Waals surface area contributed by atoms with Gasteiger partial charge in [-0.3, -0.25) is 29.6 Å². The van der Waals surface area contributed by atoms with Crippen LogP contribution in [0.5, 0.6) is 5.75 Å². The van der Waals surface area contributed by atoms with Gasteiger partial charge in [-0.15, -0.1) is 0 Å². The Balaban J connectivity index is 0.936. The quantitative estimate of drug-likeness (QED) is 0.380. The Labute approximate surface area is 257 Å². The molecule has 3 aromatic rings. The monoisotopic (exact) mass is 596 g/mol. The Morgan fingerprint density at radius 2 is 1.82 bits per heavy atom. The minimum absolute atomic E-state index is 0.0695. The summed E-state index contributed by atoms with van der Waals surface area (Å²) in [5.74, 6) is 1.13. The van der Waals surface area contributed by atoms with Gasteiger partial charge in [-0.25, -0.2) is 0 Å². The summed E-state index contributed by atoms with van der Waals surface area (Å²) in [5.41, 5.74) is 5.03. The van der Waals surface area contributed by atoms with Gasteiger partial charge in [-0.2, -0.15) is 0 Å². The molecule has 9 nitrogen and oxygen atoms in total. The van der Waals surface area contributed by atoms with Gasteiger partial charge < -0.3 is 14.4 Å². The molecule has 1 aromatic heterocycles. The van der Waals surface area contributed by atoms with Crippen LogP contribution in [0.4, 0.5) is 0 Å². The lowest BCUT2D eigenvalue weighted by Gasteiger charge is -2.29. The van der Waals surface area contributed by atoms with Crippen LogP contribution >= 0.6 is 0 Å². The molecule has 0 bridgehead atoms. The number of piperidine rings is 1. The van der Waals surface area contributed by atoms with Crippen molar-refractivity contribution in [3.8, 4) is 5.75 Å². The summed E-state index contributed by atoms with van der Waals surface area (Å²) in [5, 5.41) is 3.54. The zero-order chi connectivity index (χ0) is 30.2. The standard InChI is InChI=1S/C35H40N4O5/c1-43-21-22-2-5-24(6-3-22)30-11-7-25-16-23(4-10-31(25)36-30)18-38-15-14-28(20-38)44-27-8-9-29-26(17-27)19-39(35(29)42)32-12-13-33(40)37-34(32)41/h4,7-11,16-17,22,24,28,32H,2-3,5-6,12-15,18-21H2,1H3,(H,37,40,41)/t22-,24-,28-,32?/m0/s1. The maximum absolute atomic E-state index is 13.0. The summed E-state index contributed by atoms with van der Waals surface area (Å²) in [6, 6.07) is 16.1. The molecule has 3 fully saturated rings. The molecule has 3 amide bonds. The van der Waals surface area contributed by atoms with E-state index in [2.05, 4.69) is 40.5 Å². The molecule has 1 saturated carbocycles. The Kier molecular flexibility index (Phi) is 8.08. The van der Waals surface area contributed by atoms with Crippen LogP contribution < -0.4 is 10.1 Å². The summed E-state index contributed by atoms with van der Waals surface area (Å²) < 4.78 is 11.7. The zero-order valence-electron chi connectivity index (χ0n) is 25.3. The molecule has 1 unspecified atom stereocenters. The number of benzene rings is 2. The number of likely N-dealkylation sites (tertiary alicyclic amines) is 1. The second kappa shape index (κ2) is 12.3. The number of aromatic nitrogens is 1. The second-order valence-corrected chi connectivity index (χ2v) is 12.9. The number of ether oxygens (including phenoxy) is 2. The highest BCUT2D eigenvalue weighted by molar-refractivity contribution is 6.05. The van der Waals surface area contributed by atoms with Gasteiger partial charge in [0.15, 0.2) is 0 Å². The minimum atomic E-state index is -0.612. The smallest absolute Gasteiger partial charge is 0.255 e. The van der Waals surface area contributed by atoms with Crippen LogP contribution in [-0.4, -0.2) is 71.5 Å². The predicted octanol–water partition coefficient (Wildman–Crippen LogP) is 4.57. The van der Waals surface area contributed by atoms with E-state index in [0.29, 0.717) is 30.4 Å². The maximum Gasteiger partial charge on any atom is 0.255 e. The fourth-order valence-corrected chi connectivity index (χ4v) is 7.49. The summed E-state index contributed by atoms with van der Waals surface area (Å²) >= 11 is 0.